The molecular weight excluding hydrogens is 279 g/mol. The van der Waals surface area contributed by atoms with E-state index < -0.39 is 11.9 Å². The van der Waals surface area contributed by atoms with Crippen LogP contribution in [0.3, 0.4) is 0 Å². The van der Waals surface area contributed by atoms with Gasteiger partial charge in [0.1, 0.15) is 0 Å². The molecule has 1 unspecified atom stereocenters. The number of carboxylic acid groups (broad SMARTS) is 1. The molecule has 0 aromatic carbocycles. The van der Waals surface area contributed by atoms with Crippen molar-refractivity contribution in [3.8, 4) is 0 Å². The number of aliphatic carboxylic acids is 1. The zero-order valence-electron chi connectivity index (χ0n) is 13.0. The van der Waals surface area contributed by atoms with E-state index in [2.05, 4.69) is 15.6 Å². The molecule has 0 spiro atoms. The Bertz CT molecular complexity index is 430. The minimum absolute atomic E-state index is 0. The van der Waals surface area contributed by atoms with Crippen molar-refractivity contribution in [1.29, 1.82) is 0 Å². The second-order valence-electron chi connectivity index (χ2n) is 5.69. The number of hydrogen-bond donors (Lipinski definition) is 1. The van der Waals surface area contributed by atoms with Crippen molar-refractivity contribution >= 4 is 5.97 Å². The zero-order valence-corrected chi connectivity index (χ0v) is 15.0. The second kappa shape index (κ2) is 9.56. The number of nitrogens with one attached hydrogen (secondary N) is 1. The van der Waals surface area contributed by atoms with Gasteiger partial charge < -0.3 is 15.2 Å². The maximum absolute atomic E-state index is 11.4. The molecule has 112 valence electrons. The Hall–Kier alpha value is -0.430. The van der Waals surface area contributed by atoms with Gasteiger partial charge >= 0.3 is 29.6 Å². The monoisotopic (exact) mass is 302 g/mol. The molecule has 1 aliphatic rings. The predicted molar refractivity (Wildman–Crippen MR) is 72.4 cm³/mol. The van der Waals surface area contributed by atoms with Crippen LogP contribution in [-0.2, 0) is 18.4 Å². The Morgan fingerprint density at radius 3 is 2.62 bits per heavy atom. The van der Waals surface area contributed by atoms with Crippen molar-refractivity contribution in [2.24, 2.45) is 18.9 Å². The first-order valence-corrected chi connectivity index (χ1v) is 7.43. The van der Waals surface area contributed by atoms with Crippen LogP contribution in [-0.4, -0.2) is 27.5 Å². The third kappa shape index (κ3) is 6.06. The van der Waals surface area contributed by atoms with E-state index in [0.717, 1.165) is 31.4 Å². The van der Waals surface area contributed by atoms with Crippen LogP contribution in [0.2, 0.25) is 0 Å². The number of carboxylic acids is 1. The molecule has 6 nitrogen and oxygen atoms in total. The van der Waals surface area contributed by atoms with Crippen molar-refractivity contribution < 1.29 is 39.5 Å². The van der Waals surface area contributed by atoms with Crippen LogP contribution in [0.5, 0.6) is 0 Å². The summed E-state index contributed by atoms with van der Waals surface area (Å²) in [4.78, 5) is 11.4. The first kappa shape index (κ1) is 18.6. The van der Waals surface area contributed by atoms with Crippen molar-refractivity contribution in [2.45, 2.75) is 45.1 Å². The molecule has 1 aromatic heterocycles. The molecule has 21 heavy (non-hydrogen) atoms. The Morgan fingerprint density at radius 1 is 1.43 bits per heavy atom. The van der Waals surface area contributed by atoms with Crippen molar-refractivity contribution in [1.82, 2.24) is 20.3 Å². The standard InChI is InChI=1S/C14H24N4O2.Na/c1-18-10-12(16-17-18)8-15-9-13(14(19)20)11-6-4-2-3-5-7-11;/h10-11,13,15H,2-9H2,1H3,(H,19,20);/q;+1/p-1. The van der Waals surface area contributed by atoms with Crippen LogP contribution in [0.25, 0.3) is 0 Å². The largest absolute Gasteiger partial charge is 1.00 e. The molecule has 1 saturated carbocycles. The van der Waals surface area contributed by atoms with E-state index in [1.807, 2.05) is 13.2 Å². The summed E-state index contributed by atoms with van der Waals surface area (Å²) in [5.41, 5.74) is 0.825. The Balaban J connectivity index is 0.00000220. The summed E-state index contributed by atoms with van der Waals surface area (Å²) in [6.45, 7) is 0.994. The maximum Gasteiger partial charge on any atom is 1.00 e. The molecule has 1 heterocycles. The van der Waals surface area contributed by atoms with Gasteiger partial charge in [0.05, 0.1) is 5.69 Å². The summed E-state index contributed by atoms with van der Waals surface area (Å²) >= 11 is 0. The van der Waals surface area contributed by atoms with Gasteiger partial charge in [0.2, 0.25) is 0 Å². The number of carbonyl (C=O) groups excluding carboxylic acids is 1. The molecule has 0 radical (unpaired) electrons. The Morgan fingerprint density at radius 2 is 2.10 bits per heavy atom. The fourth-order valence-corrected chi connectivity index (χ4v) is 2.99. The smallest absolute Gasteiger partial charge is 0.550 e. The molecule has 0 saturated heterocycles. The zero-order chi connectivity index (χ0) is 14.4. The van der Waals surface area contributed by atoms with Gasteiger partial charge in [-0.2, -0.15) is 0 Å². The van der Waals surface area contributed by atoms with Crippen molar-refractivity contribution in [3.63, 3.8) is 0 Å². The molecule has 1 aromatic rings. The molecule has 1 N–H and O–H groups in total. The van der Waals surface area contributed by atoms with E-state index in [4.69, 9.17) is 0 Å². The van der Waals surface area contributed by atoms with Crippen LogP contribution in [0.4, 0.5) is 0 Å². The van der Waals surface area contributed by atoms with E-state index in [9.17, 15) is 9.90 Å². The van der Waals surface area contributed by atoms with Crippen LogP contribution in [0, 0.1) is 11.8 Å². The third-order valence-electron chi connectivity index (χ3n) is 4.09. The number of carbonyl (C=O) groups is 1. The average Bonchev–Trinajstić information content (AvgIpc) is 2.66. The quantitative estimate of drug-likeness (QED) is 0.455. The van der Waals surface area contributed by atoms with Gasteiger partial charge in [-0.3, -0.25) is 4.68 Å². The van der Waals surface area contributed by atoms with Crippen molar-refractivity contribution in [2.75, 3.05) is 6.54 Å². The van der Waals surface area contributed by atoms with Gasteiger partial charge in [0, 0.05) is 38.2 Å². The molecule has 0 bridgehead atoms. The van der Waals surface area contributed by atoms with Crippen LogP contribution >= 0.6 is 0 Å². The maximum atomic E-state index is 11.4. The number of hydrogen-bond acceptors (Lipinski definition) is 5. The fourth-order valence-electron chi connectivity index (χ4n) is 2.99. The number of aryl methyl sites for hydroxylation is 1. The van der Waals surface area contributed by atoms with Crippen LogP contribution in [0.1, 0.15) is 44.2 Å². The fraction of sp³-hybridized carbons (Fsp3) is 0.786. The summed E-state index contributed by atoms with van der Waals surface area (Å²) < 4.78 is 1.64. The Labute approximate surface area is 148 Å². The SMILES string of the molecule is Cn1cc(CNCC(C(=O)[O-])C2CCCCCC2)nn1.[Na+]. The van der Waals surface area contributed by atoms with Gasteiger partial charge in [0.15, 0.2) is 0 Å². The van der Waals surface area contributed by atoms with Crippen molar-refractivity contribution in [3.05, 3.63) is 11.9 Å². The molecule has 1 fully saturated rings. The summed E-state index contributed by atoms with van der Waals surface area (Å²) in [7, 11) is 1.81. The van der Waals surface area contributed by atoms with Gasteiger partial charge in [-0.05, 0) is 18.8 Å². The van der Waals surface area contributed by atoms with E-state index in [1.165, 1.54) is 12.8 Å². The van der Waals surface area contributed by atoms with Crippen LogP contribution < -0.4 is 40.0 Å². The summed E-state index contributed by atoms with van der Waals surface area (Å²) in [5, 5.41) is 22.4. The molecule has 0 aliphatic heterocycles. The van der Waals surface area contributed by atoms with E-state index in [1.54, 1.807) is 4.68 Å². The normalized spacial score (nSPS) is 17.8. The Kier molecular flexibility index (Phi) is 8.48. The number of aromatic nitrogens is 3. The van der Waals surface area contributed by atoms with Gasteiger partial charge in [0.25, 0.3) is 0 Å². The molecule has 1 atom stereocenters. The van der Waals surface area contributed by atoms with E-state index >= 15 is 0 Å². The summed E-state index contributed by atoms with van der Waals surface area (Å²) in [6.07, 6.45) is 8.56. The van der Waals surface area contributed by atoms with Crippen LogP contribution in [0.15, 0.2) is 6.20 Å². The average molecular weight is 302 g/mol. The topological polar surface area (TPSA) is 82.9 Å². The number of rotatable bonds is 6. The minimum atomic E-state index is -0.927. The molecule has 0 amide bonds. The molecule has 1 aliphatic carbocycles. The van der Waals surface area contributed by atoms with Gasteiger partial charge in [-0.15, -0.1) is 5.10 Å². The summed E-state index contributed by atoms with van der Waals surface area (Å²) in [5.74, 6) is -1.08. The first-order valence-electron chi connectivity index (χ1n) is 7.43. The minimum Gasteiger partial charge on any atom is -0.550 e. The van der Waals surface area contributed by atoms with Gasteiger partial charge in [-0.25, -0.2) is 0 Å². The number of nitrogens with zero attached hydrogens (tertiary/aromatic N) is 3. The first-order chi connectivity index (χ1) is 9.66. The predicted octanol–water partition coefficient (Wildman–Crippen LogP) is -2.75. The molecule has 2 rings (SSSR count). The summed E-state index contributed by atoms with van der Waals surface area (Å²) in [6, 6.07) is 0. The van der Waals surface area contributed by atoms with E-state index in [-0.39, 0.29) is 35.5 Å². The van der Waals surface area contributed by atoms with Gasteiger partial charge in [-0.1, -0.05) is 30.9 Å². The molecular formula is C14H23N4NaO2. The second-order valence-corrected chi connectivity index (χ2v) is 5.69. The third-order valence-corrected chi connectivity index (χ3v) is 4.09. The van der Waals surface area contributed by atoms with E-state index in [0.29, 0.717) is 13.1 Å². The molecule has 7 heteroatoms.